The van der Waals surface area contributed by atoms with Crippen LogP contribution in [0.3, 0.4) is 0 Å². The summed E-state index contributed by atoms with van der Waals surface area (Å²) in [6.45, 7) is 8.36. The van der Waals surface area contributed by atoms with Crippen LogP contribution in [0.1, 0.15) is 26.3 Å². The van der Waals surface area contributed by atoms with Gasteiger partial charge in [-0.2, -0.15) is 0 Å². The van der Waals surface area contributed by atoms with E-state index in [-0.39, 0.29) is 5.56 Å². The number of benzene rings is 1. The third kappa shape index (κ3) is 3.92. The highest BCUT2D eigenvalue weighted by molar-refractivity contribution is 7.98. The molecule has 0 bridgehead atoms. The van der Waals surface area contributed by atoms with Gasteiger partial charge in [-0.1, -0.05) is 23.9 Å². The molecule has 0 atom stereocenters. The first-order chi connectivity index (χ1) is 15.1. The number of hydrogen-bond donors (Lipinski definition) is 0. The predicted octanol–water partition coefficient (Wildman–Crippen LogP) is 4.25. The van der Waals surface area contributed by atoms with Crippen molar-refractivity contribution in [3.63, 3.8) is 0 Å². The highest BCUT2D eigenvalue weighted by Gasteiger charge is 2.33. The number of ether oxygens (including phenoxy) is 1. The summed E-state index contributed by atoms with van der Waals surface area (Å²) in [5, 5.41) is 1.40. The van der Waals surface area contributed by atoms with E-state index in [0.29, 0.717) is 29.6 Å². The summed E-state index contributed by atoms with van der Waals surface area (Å²) in [6.07, 6.45) is 3.25. The Labute approximate surface area is 191 Å². The lowest BCUT2D eigenvalue weighted by Gasteiger charge is -2.39. The lowest BCUT2D eigenvalue weighted by Crippen LogP contribution is -2.46. The summed E-state index contributed by atoms with van der Waals surface area (Å²) in [7, 11) is 1.72. The summed E-state index contributed by atoms with van der Waals surface area (Å²) in [6, 6.07) is 7.64. The largest absolute Gasteiger partial charge is 0.443 e. The van der Waals surface area contributed by atoms with Crippen LogP contribution < -0.4 is 15.4 Å². The Morgan fingerprint density at radius 3 is 2.62 bits per heavy atom. The van der Waals surface area contributed by atoms with E-state index in [9.17, 15) is 9.59 Å². The molecule has 3 aromatic rings. The SMILES string of the molecule is CSc1ncc2cc(N3CCN(C(=O)OC(C)(C)C)c4c(C)cccc43)c(=O)n(C)c2n1. The molecule has 1 amide bonds. The van der Waals surface area contributed by atoms with Crippen molar-refractivity contribution in [2.75, 3.05) is 29.1 Å². The summed E-state index contributed by atoms with van der Waals surface area (Å²) in [4.78, 5) is 38.7. The van der Waals surface area contributed by atoms with E-state index in [1.807, 2.05) is 63.1 Å². The molecular weight excluding hydrogens is 426 g/mol. The molecule has 0 saturated heterocycles. The van der Waals surface area contributed by atoms with Gasteiger partial charge in [-0.15, -0.1) is 0 Å². The Kier molecular flexibility index (Phi) is 5.62. The zero-order valence-corrected chi connectivity index (χ0v) is 20.0. The van der Waals surface area contributed by atoms with Gasteiger partial charge in [0.2, 0.25) is 0 Å². The molecule has 0 unspecified atom stereocenters. The zero-order chi connectivity index (χ0) is 23.2. The van der Waals surface area contributed by atoms with E-state index in [1.54, 1.807) is 22.7 Å². The summed E-state index contributed by atoms with van der Waals surface area (Å²) < 4.78 is 7.19. The monoisotopic (exact) mass is 453 g/mol. The summed E-state index contributed by atoms with van der Waals surface area (Å²) >= 11 is 1.43. The van der Waals surface area contributed by atoms with Crippen molar-refractivity contribution in [2.24, 2.45) is 7.05 Å². The maximum atomic E-state index is 13.3. The van der Waals surface area contributed by atoms with Gasteiger partial charge in [0.25, 0.3) is 5.56 Å². The fourth-order valence-corrected chi connectivity index (χ4v) is 4.24. The Balaban J connectivity index is 1.83. The second kappa shape index (κ2) is 8.12. The van der Waals surface area contributed by atoms with Gasteiger partial charge in [-0.25, -0.2) is 14.8 Å². The Morgan fingerprint density at radius 1 is 1.19 bits per heavy atom. The van der Waals surface area contributed by atoms with Crippen molar-refractivity contribution in [3.8, 4) is 0 Å². The van der Waals surface area contributed by atoms with Crippen LogP contribution in [-0.4, -0.2) is 45.6 Å². The van der Waals surface area contributed by atoms with E-state index in [4.69, 9.17) is 4.74 Å². The van der Waals surface area contributed by atoms with Crippen molar-refractivity contribution in [2.45, 2.75) is 38.5 Å². The van der Waals surface area contributed by atoms with Crippen LogP contribution in [0.15, 0.2) is 40.4 Å². The number of aryl methyl sites for hydroxylation is 2. The van der Waals surface area contributed by atoms with E-state index < -0.39 is 11.7 Å². The molecule has 1 aliphatic heterocycles. The van der Waals surface area contributed by atoms with Crippen LogP contribution in [-0.2, 0) is 11.8 Å². The summed E-state index contributed by atoms with van der Waals surface area (Å²) in [5.41, 5.74) is 2.85. The second-order valence-electron chi connectivity index (χ2n) is 8.76. The lowest BCUT2D eigenvalue weighted by molar-refractivity contribution is 0.0580. The van der Waals surface area contributed by atoms with Crippen LogP contribution >= 0.6 is 11.8 Å². The Bertz CT molecular complexity index is 1260. The van der Waals surface area contributed by atoms with Gasteiger partial charge in [0, 0.05) is 31.7 Å². The molecule has 0 fully saturated rings. The van der Waals surface area contributed by atoms with Gasteiger partial charge < -0.3 is 9.64 Å². The van der Waals surface area contributed by atoms with Gasteiger partial charge >= 0.3 is 6.09 Å². The average Bonchev–Trinajstić information content (AvgIpc) is 2.74. The minimum Gasteiger partial charge on any atom is -0.443 e. The number of carbonyl (C=O) groups excluding carboxylic acids is 1. The molecule has 8 nitrogen and oxygen atoms in total. The first-order valence-corrected chi connectivity index (χ1v) is 11.6. The number of carbonyl (C=O) groups is 1. The van der Waals surface area contributed by atoms with Crippen molar-refractivity contribution in [1.82, 2.24) is 14.5 Å². The van der Waals surface area contributed by atoms with Crippen molar-refractivity contribution in [1.29, 1.82) is 0 Å². The topological polar surface area (TPSA) is 80.6 Å². The molecule has 1 aromatic carbocycles. The van der Waals surface area contributed by atoms with E-state index >= 15 is 0 Å². The molecule has 0 N–H and O–H groups in total. The lowest BCUT2D eigenvalue weighted by atomic mass is 10.1. The molecule has 0 radical (unpaired) electrons. The van der Waals surface area contributed by atoms with Crippen molar-refractivity contribution in [3.05, 3.63) is 46.4 Å². The van der Waals surface area contributed by atoms with Gasteiger partial charge in [0.15, 0.2) is 5.16 Å². The first kappa shape index (κ1) is 22.1. The number of nitrogens with zero attached hydrogens (tertiary/aromatic N) is 5. The van der Waals surface area contributed by atoms with Crippen LogP contribution in [0.25, 0.3) is 11.0 Å². The van der Waals surface area contributed by atoms with E-state index in [2.05, 4.69) is 9.97 Å². The van der Waals surface area contributed by atoms with Crippen molar-refractivity contribution >= 4 is 46.0 Å². The molecule has 4 rings (SSSR count). The number of fused-ring (bicyclic) bond motifs is 2. The quantitative estimate of drug-likeness (QED) is 0.424. The van der Waals surface area contributed by atoms with Crippen LogP contribution in [0.2, 0.25) is 0 Å². The Morgan fingerprint density at radius 2 is 1.94 bits per heavy atom. The van der Waals surface area contributed by atoms with E-state index in [0.717, 1.165) is 22.3 Å². The van der Waals surface area contributed by atoms with Crippen LogP contribution in [0.5, 0.6) is 0 Å². The number of hydrogen-bond acceptors (Lipinski definition) is 7. The fourth-order valence-electron chi connectivity index (χ4n) is 3.90. The highest BCUT2D eigenvalue weighted by atomic mass is 32.2. The van der Waals surface area contributed by atoms with Gasteiger partial charge in [-0.3, -0.25) is 14.3 Å². The van der Waals surface area contributed by atoms with Crippen LogP contribution in [0.4, 0.5) is 21.9 Å². The van der Waals surface area contributed by atoms with Gasteiger partial charge in [0.05, 0.1) is 11.4 Å². The normalized spacial score (nSPS) is 13.9. The first-order valence-electron chi connectivity index (χ1n) is 10.4. The van der Waals surface area contributed by atoms with E-state index in [1.165, 1.54) is 11.8 Å². The predicted molar refractivity (Wildman–Crippen MR) is 128 cm³/mol. The van der Waals surface area contributed by atoms with Gasteiger partial charge in [0.1, 0.15) is 16.9 Å². The molecule has 32 heavy (non-hydrogen) atoms. The molecule has 0 aliphatic carbocycles. The minimum atomic E-state index is -0.596. The summed E-state index contributed by atoms with van der Waals surface area (Å²) in [5.74, 6) is 0. The highest BCUT2D eigenvalue weighted by Crippen LogP contribution is 2.40. The molecule has 0 saturated carbocycles. The van der Waals surface area contributed by atoms with Crippen LogP contribution in [0, 0.1) is 6.92 Å². The number of rotatable bonds is 2. The molecule has 2 aromatic heterocycles. The van der Waals surface area contributed by atoms with Gasteiger partial charge in [-0.05, 0) is 51.6 Å². The minimum absolute atomic E-state index is 0.151. The average molecular weight is 454 g/mol. The number of thioether (sulfide) groups is 1. The maximum absolute atomic E-state index is 13.3. The van der Waals surface area contributed by atoms with Crippen molar-refractivity contribution < 1.29 is 9.53 Å². The number of aromatic nitrogens is 3. The smallest absolute Gasteiger partial charge is 0.414 e. The molecule has 168 valence electrons. The number of anilines is 3. The third-order valence-electron chi connectivity index (χ3n) is 5.32. The number of amides is 1. The number of pyridine rings is 1. The second-order valence-corrected chi connectivity index (χ2v) is 9.53. The maximum Gasteiger partial charge on any atom is 0.414 e. The standard InChI is InChI=1S/C23H27N5O3S/c1-14-8-7-9-16-18(14)28(22(30)31-23(2,3)4)11-10-27(16)17-12-15-13-24-21(32-6)25-19(15)26(5)20(17)29/h7-9,12-13H,10-11H2,1-6H3. The molecular formula is C23H27N5O3S. The Hall–Kier alpha value is -3.07. The number of para-hydroxylation sites is 1. The molecule has 9 heteroatoms. The molecule has 0 spiro atoms. The molecule has 1 aliphatic rings. The fraction of sp³-hybridized carbons (Fsp3) is 0.391. The zero-order valence-electron chi connectivity index (χ0n) is 19.2. The molecule has 3 heterocycles. The third-order valence-corrected chi connectivity index (χ3v) is 5.88.